The summed E-state index contributed by atoms with van der Waals surface area (Å²) in [7, 11) is 0. The van der Waals surface area contributed by atoms with E-state index >= 15 is 0 Å². The molecule has 0 bridgehead atoms. The first kappa shape index (κ1) is 16.4. The molecule has 122 valence electrons. The van der Waals surface area contributed by atoms with Crippen molar-refractivity contribution in [3.63, 3.8) is 0 Å². The number of anilines is 1. The normalized spacial score (nSPS) is 15.4. The Labute approximate surface area is 145 Å². The zero-order valence-corrected chi connectivity index (χ0v) is 14.4. The molecule has 2 aromatic heterocycles. The lowest BCUT2D eigenvalue weighted by Gasteiger charge is -2.12. The summed E-state index contributed by atoms with van der Waals surface area (Å²) in [6.07, 6.45) is 3.31. The molecule has 0 radical (unpaired) electrons. The van der Waals surface area contributed by atoms with E-state index in [0.29, 0.717) is 10.2 Å². The minimum absolute atomic E-state index is 0.186. The number of aromatic amines is 1. The van der Waals surface area contributed by atoms with Crippen LogP contribution >= 0.6 is 35.0 Å². The number of thioether (sulfide) groups is 1. The number of H-pyrrole nitrogens is 1. The van der Waals surface area contributed by atoms with E-state index in [4.69, 9.17) is 23.2 Å². The molecule has 3 rings (SSSR count). The van der Waals surface area contributed by atoms with Gasteiger partial charge in [-0.2, -0.15) is 0 Å². The second-order valence-electron chi connectivity index (χ2n) is 5.15. The number of aromatic nitrogens is 4. The lowest BCUT2D eigenvalue weighted by molar-refractivity contribution is -0.115. The molecule has 0 aliphatic heterocycles. The monoisotopic (exact) mass is 373 g/mol. The van der Waals surface area contributed by atoms with Gasteiger partial charge in [-0.3, -0.25) is 9.36 Å². The van der Waals surface area contributed by atoms with E-state index in [-0.39, 0.29) is 28.5 Å². The Bertz CT molecular complexity index is 802. The van der Waals surface area contributed by atoms with E-state index in [1.165, 1.54) is 24.0 Å². The maximum atomic E-state index is 12.3. The molecule has 0 saturated heterocycles. The van der Waals surface area contributed by atoms with Crippen LogP contribution in [-0.4, -0.2) is 30.9 Å². The summed E-state index contributed by atoms with van der Waals surface area (Å²) < 4.78 is 1.60. The van der Waals surface area contributed by atoms with Crippen molar-refractivity contribution in [2.24, 2.45) is 0 Å². The van der Waals surface area contributed by atoms with Gasteiger partial charge in [0.05, 0.1) is 15.3 Å². The van der Waals surface area contributed by atoms with E-state index in [1.807, 2.05) is 0 Å². The van der Waals surface area contributed by atoms with E-state index < -0.39 is 5.25 Å². The molecular weight excluding hydrogens is 361 g/mol. The van der Waals surface area contributed by atoms with Crippen LogP contribution in [0, 0.1) is 0 Å². The summed E-state index contributed by atoms with van der Waals surface area (Å²) >= 11 is 13.0. The summed E-state index contributed by atoms with van der Waals surface area (Å²) in [5.41, 5.74) is -0.245. The molecule has 0 spiro atoms. The number of amides is 1. The van der Waals surface area contributed by atoms with Crippen LogP contribution in [0.2, 0.25) is 10.0 Å². The number of nitrogens with one attached hydrogen (secondary N) is 2. The van der Waals surface area contributed by atoms with Gasteiger partial charge in [0.25, 0.3) is 0 Å². The molecule has 1 aliphatic carbocycles. The Morgan fingerprint density at radius 3 is 2.91 bits per heavy atom. The molecule has 1 fully saturated rings. The van der Waals surface area contributed by atoms with Crippen molar-refractivity contribution in [2.75, 3.05) is 5.32 Å². The van der Waals surface area contributed by atoms with Gasteiger partial charge in [0.1, 0.15) is 0 Å². The van der Waals surface area contributed by atoms with Crippen LogP contribution in [0.15, 0.2) is 22.2 Å². The highest BCUT2D eigenvalue weighted by molar-refractivity contribution is 8.00. The van der Waals surface area contributed by atoms with Crippen LogP contribution in [0.3, 0.4) is 0 Å². The smallest absolute Gasteiger partial charge is 0.308 e. The second kappa shape index (κ2) is 6.54. The zero-order chi connectivity index (χ0) is 16.6. The van der Waals surface area contributed by atoms with Gasteiger partial charge >= 0.3 is 5.69 Å². The predicted molar refractivity (Wildman–Crippen MR) is 89.3 cm³/mol. The molecule has 7 nitrogen and oxygen atoms in total. The molecule has 1 amide bonds. The van der Waals surface area contributed by atoms with Crippen LogP contribution in [-0.2, 0) is 4.79 Å². The summed E-state index contributed by atoms with van der Waals surface area (Å²) in [4.78, 5) is 28.0. The van der Waals surface area contributed by atoms with Crippen molar-refractivity contribution in [1.29, 1.82) is 0 Å². The van der Waals surface area contributed by atoms with E-state index in [0.717, 1.165) is 12.8 Å². The third-order valence-electron chi connectivity index (χ3n) is 3.28. The van der Waals surface area contributed by atoms with Gasteiger partial charge < -0.3 is 5.32 Å². The average molecular weight is 374 g/mol. The fourth-order valence-electron chi connectivity index (χ4n) is 1.96. The van der Waals surface area contributed by atoms with Gasteiger partial charge in [-0.05, 0) is 25.8 Å². The van der Waals surface area contributed by atoms with Crippen LogP contribution < -0.4 is 11.0 Å². The maximum Gasteiger partial charge on any atom is 0.344 e. The Balaban J connectivity index is 1.69. The second-order valence-corrected chi connectivity index (χ2v) is 7.30. The van der Waals surface area contributed by atoms with Gasteiger partial charge in [-0.15, -0.1) is 5.10 Å². The Morgan fingerprint density at radius 2 is 2.26 bits per heavy atom. The number of pyridine rings is 1. The van der Waals surface area contributed by atoms with Gasteiger partial charge in [-0.25, -0.2) is 14.9 Å². The highest BCUT2D eigenvalue weighted by Gasteiger charge is 2.30. The molecule has 0 aromatic carbocycles. The highest BCUT2D eigenvalue weighted by Crippen LogP contribution is 2.36. The average Bonchev–Trinajstić information content (AvgIpc) is 3.26. The number of hydrogen-bond donors (Lipinski definition) is 2. The number of nitrogens with zero attached hydrogens (tertiary/aromatic N) is 3. The molecule has 23 heavy (non-hydrogen) atoms. The van der Waals surface area contributed by atoms with E-state index in [2.05, 4.69) is 20.5 Å². The fraction of sp³-hybridized carbons (Fsp3) is 0.385. The van der Waals surface area contributed by atoms with Crippen molar-refractivity contribution in [3.8, 4) is 0 Å². The van der Waals surface area contributed by atoms with E-state index in [1.54, 1.807) is 11.5 Å². The number of halogens is 2. The Kier molecular flexibility index (Phi) is 4.65. The molecular formula is C13H13Cl2N5O2S. The van der Waals surface area contributed by atoms with Gasteiger partial charge in [0, 0.05) is 12.2 Å². The summed E-state index contributed by atoms with van der Waals surface area (Å²) in [5, 5.41) is 9.74. The van der Waals surface area contributed by atoms with Crippen molar-refractivity contribution >= 4 is 46.7 Å². The number of carbonyl (C=O) groups excluding carboxylic acids is 1. The minimum Gasteiger partial charge on any atom is -0.308 e. The first-order valence-electron chi connectivity index (χ1n) is 6.91. The van der Waals surface area contributed by atoms with Crippen molar-refractivity contribution < 1.29 is 4.79 Å². The summed E-state index contributed by atoms with van der Waals surface area (Å²) in [6, 6.07) is 1.69. The number of hydrogen-bond acceptors (Lipinski definition) is 5. The lowest BCUT2D eigenvalue weighted by atomic mass is 10.4. The van der Waals surface area contributed by atoms with Crippen molar-refractivity contribution in [3.05, 3.63) is 32.8 Å². The van der Waals surface area contributed by atoms with Crippen LogP contribution in [0.5, 0.6) is 0 Å². The third-order valence-corrected chi connectivity index (χ3v) is 4.85. The largest absolute Gasteiger partial charge is 0.344 e. The SMILES string of the molecule is C[C@@H](Sc1n[nH]c(=O)n1C1CC1)C(=O)Nc1ncc(Cl)cc1Cl. The molecule has 1 saturated carbocycles. The summed E-state index contributed by atoms with van der Waals surface area (Å²) in [5.74, 6) is -0.0420. The Morgan fingerprint density at radius 1 is 1.52 bits per heavy atom. The standard InChI is InChI=1S/C13H13Cl2N5O2S/c1-6(11(21)17-10-9(15)4-7(14)5-16-10)23-13-19-18-12(22)20(13)8-2-3-8/h4-6,8H,2-3H2,1H3,(H,18,22)(H,16,17,21)/t6-/m1/s1. The zero-order valence-electron chi connectivity index (χ0n) is 12.0. The third kappa shape index (κ3) is 3.70. The molecule has 1 aliphatic rings. The molecule has 2 N–H and O–H groups in total. The van der Waals surface area contributed by atoms with Crippen molar-refractivity contribution in [2.45, 2.75) is 36.2 Å². The van der Waals surface area contributed by atoms with Crippen molar-refractivity contribution in [1.82, 2.24) is 19.7 Å². The maximum absolute atomic E-state index is 12.3. The predicted octanol–water partition coefficient (Wildman–Crippen LogP) is 2.73. The van der Waals surface area contributed by atoms with Crippen LogP contribution in [0.4, 0.5) is 5.82 Å². The fourth-order valence-corrected chi connectivity index (χ4v) is 3.32. The highest BCUT2D eigenvalue weighted by atomic mass is 35.5. The molecule has 10 heteroatoms. The molecule has 2 aromatic rings. The minimum atomic E-state index is -0.476. The number of rotatable bonds is 5. The Hall–Kier alpha value is -1.51. The van der Waals surface area contributed by atoms with Gasteiger partial charge in [-0.1, -0.05) is 35.0 Å². The molecule has 0 unspecified atom stereocenters. The molecule has 1 atom stereocenters. The van der Waals surface area contributed by atoms with Crippen LogP contribution in [0.25, 0.3) is 0 Å². The van der Waals surface area contributed by atoms with E-state index in [9.17, 15) is 9.59 Å². The summed E-state index contributed by atoms with van der Waals surface area (Å²) in [6.45, 7) is 1.72. The van der Waals surface area contributed by atoms with Crippen LogP contribution in [0.1, 0.15) is 25.8 Å². The van der Waals surface area contributed by atoms with Gasteiger partial charge in [0.15, 0.2) is 11.0 Å². The first-order chi connectivity index (χ1) is 11.0. The number of carbonyl (C=O) groups is 1. The molecule has 2 heterocycles. The first-order valence-corrected chi connectivity index (χ1v) is 8.54. The van der Waals surface area contributed by atoms with Gasteiger partial charge in [0.2, 0.25) is 5.91 Å². The topological polar surface area (TPSA) is 92.7 Å². The quantitative estimate of drug-likeness (QED) is 0.785. The lowest BCUT2D eigenvalue weighted by Crippen LogP contribution is -2.24.